The van der Waals surface area contributed by atoms with Crippen molar-refractivity contribution >= 4 is 15.9 Å². The van der Waals surface area contributed by atoms with Crippen molar-refractivity contribution in [1.82, 2.24) is 4.90 Å². The van der Waals surface area contributed by atoms with Crippen LogP contribution in [0.15, 0.2) is 28.7 Å². The zero-order valence-corrected chi connectivity index (χ0v) is 11.4. The van der Waals surface area contributed by atoms with E-state index in [-0.39, 0.29) is 6.04 Å². The molecule has 4 heteroatoms. The first-order chi connectivity index (χ1) is 7.67. The van der Waals surface area contributed by atoms with Crippen molar-refractivity contribution in [3.8, 4) is 0 Å². The van der Waals surface area contributed by atoms with Crippen molar-refractivity contribution in [1.29, 1.82) is 0 Å². The fourth-order valence-corrected chi connectivity index (χ4v) is 2.07. The average Bonchev–Trinajstić information content (AvgIpc) is 2.25. The summed E-state index contributed by atoms with van der Waals surface area (Å²) in [6.45, 7) is 2.16. The highest BCUT2D eigenvalue weighted by Gasteiger charge is 2.12. The van der Waals surface area contributed by atoms with Gasteiger partial charge in [0.05, 0.1) is 6.61 Å². The van der Waals surface area contributed by atoms with E-state index in [2.05, 4.69) is 40.0 Å². The summed E-state index contributed by atoms with van der Waals surface area (Å²) in [4.78, 5) is 2.21. The summed E-state index contributed by atoms with van der Waals surface area (Å²) in [6, 6.07) is 8.57. The minimum atomic E-state index is 0.268. The van der Waals surface area contributed by atoms with Gasteiger partial charge in [0.15, 0.2) is 0 Å². The summed E-state index contributed by atoms with van der Waals surface area (Å²) in [5.74, 6) is 0. The van der Waals surface area contributed by atoms with Gasteiger partial charge in [0, 0.05) is 30.7 Å². The first kappa shape index (κ1) is 13.6. The van der Waals surface area contributed by atoms with Crippen LogP contribution in [0.1, 0.15) is 5.56 Å². The third-order valence-electron chi connectivity index (χ3n) is 2.58. The SMILES string of the molecule is COCC(CN)N(C)Cc1cccc(Br)c1. The number of hydrogen-bond acceptors (Lipinski definition) is 3. The number of methoxy groups -OCH3 is 1. The Labute approximate surface area is 106 Å². The van der Waals surface area contributed by atoms with E-state index in [0.717, 1.165) is 11.0 Å². The molecule has 0 spiro atoms. The van der Waals surface area contributed by atoms with E-state index in [4.69, 9.17) is 10.5 Å². The van der Waals surface area contributed by atoms with Gasteiger partial charge in [-0.1, -0.05) is 28.1 Å². The van der Waals surface area contributed by atoms with E-state index >= 15 is 0 Å². The van der Waals surface area contributed by atoms with Crippen LogP contribution in [-0.2, 0) is 11.3 Å². The van der Waals surface area contributed by atoms with Gasteiger partial charge in [0.2, 0.25) is 0 Å². The van der Waals surface area contributed by atoms with E-state index < -0.39 is 0 Å². The first-order valence-electron chi connectivity index (χ1n) is 5.31. The van der Waals surface area contributed by atoms with E-state index in [1.807, 2.05) is 12.1 Å². The fraction of sp³-hybridized carbons (Fsp3) is 0.500. The second-order valence-corrected chi connectivity index (χ2v) is 4.81. The molecule has 0 aliphatic carbocycles. The summed E-state index contributed by atoms with van der Waals surface area (Å²) in [5, 5.41) is 0. The number of halogens is 1. The number of ether oxygens (including phenoxy) is 1. The predicted molar refractivity (Wildman–Crippen MR) is 70.3 cm³/mol. The smallest absolute Gasteiger partial charge is 0.0630 e. The third-order valence-corrected chi connectivity index (χ3v) is 3.07. The van der Waals surface area contributed by atoms with Crippen LogP contribution in [0.4, 0.5) is 0 Å². The van der Waals surface area contributed by atoms with E-state index in [1.54, 1.807) is 7.11 Å². The Morgan fingerprint density at radius 1 is 1.50 bits per heavy atom. The Bertz CT molecular complexity index is 320. The van der Waals surface area contributed by atoms with Crippen molar-refractivity contribution in [3.63, 3.8) is 0 Å². The van der Waals surface area contributed by atoms with Crippen molar-refractivity contribution in [3.05, 3.63) is 34.3 Å². The van der Waals surface area contributed by atoms with Crippen LogP contribution in [0.2, 0.25) is 0 Å². The van der Waals surface area contributed by atoms with Crippen LogP contribution >= 0.6 is 15.9 Å². The summed E-state index contributed by atoms with van der Waals surface area (Å²) < 4.78 is 6.25. The van der Waals surface area contributed by atoms with E-state index in [1.165, 1.54) is 5.56 Å². The van der Waals surface area contributed by atoms with E-state index in [0.29, 0.717) is 13.2 Å². The monoisotopic (exact) mass is 286 g/mol. The molecule has 0 radical (unpaired) electrons. The number of hydrogen-bond donors (Lipinski definition) is 1. The minimum absolute atomic E-state index is 0.268. The van der Waals surface area contributed by atoms with Gasteiger partial charge in [-0.05, 0) is 24.7 Å². The number of nitrogens with zero attached hydrogens (tertiary/aromatic N) is 1. The topological polar surface area (TPSA) is 38.5 Å². The van der Waals surface area contributed by atoms with Gasteiger partial charge >= 0.3 is 0 Å². The summed E-state index contributed by atoms with van der Waals surface area (Å²) in [6.07, 6.45) is 0. The van der Waals surface area contributed by atoms with Crippen LogP contribution in [0, 0.1) is 0 Å². The van der Waals surface area contributed by atoms with Gasteiger partial charge in [-0.15, -0.1) is 0 Å². The second kappa shape index (κ2) is 7.01. The number of rotatable bonds is 6. The van der Waals surface area contributed by atoms with Gasteiger partial charge in [-0.2, -0.15) is 0 Å². The minimum Gasteiger partial charge on any atom is -0.383 e. The maximum Gasteiger partial charge on any atom is 0.0630 e. The van der Waals surface area contributed by atoms with Crippen molar-refractivity contribution in [2.75, 3.05) is 27.3 Å². The molecule has 0 amide bonds. The van der Waals surface area contributed by atoms with Gasteiger partial charge in [0.1, 0.15) is 0 Å². The largest absolute Gasteiger partial charge is 0.383 e. The molecule has 0 aliphatic heterocycles. The molecule has 3 nitrogen and oxygen atoms in total. The highest BCUT2D eigenvalue weighted by atomic mass is 79.9. The number of benzene rings is 1. The van der Waals surface area contributed by atoms with Gasteiger partial charge in [-0.3, -0.25) is 4.90 Å². The highest BCUT2D eigenvalue weighted by molar-refractivity contribution is 9.10. The number of likely N-dealkylation sites (N-methyl/N-ethyl adjacent to an activating group) is 1. The molecule has 90 valence electrons. The molecule has 1 unspecified atom stereocenters. The Hall–Kier alpha value is -0.420. The second-order valence-electron chi connectivity index (χ2n) is 3.89. The van der Waals surface area contributed by atoms with Crippen molar-refractivity contribution in [2.24, 2.45) is 5.73 Å². The van der Waals surface area contributed by atoms with Crippen LogP contribution in [-0.4, -0.2) is 38.3 Å². The maximum absolute atomic E-state index is 5.71. The molecule has 0 fully saturated rings. The first-order valence-corrected chi connectivity index (χ1v) is 6.10. The Morgan fingerprint density at radius 2 is 2.25 bits per heavy atom. The van der Waals surface area contributed by atoms with Crippen LogP contribution in [0.25, 0.3) is 0 Å². The molecular formula is C12H19BrN2O. The molecule has 2 N–H and O–H groups in total. The average molecular weight is 287 g/mol. The summed E-state index contributed by atoms with van der Waals surface area (Å²) >= 11 is 3.47. The van der Waals surface area contributed by atoms with Crippen molar-refractivity contribution in [2.45, 2.75) is 12.6 Å². The molecule has 1 rings (SSSR count). The summed E-state index contributed by atoms with van der Waals surface area (Å²) in [7, 11) is 3.77. The third kappa shape index (κ3) is 4.22. The van der Waals surface area contributed by atoms with Gasteiger partial charge in [0.25, 0.3) is 0 Å². The van der Waals surface area contributed by atoms with Crippen LogP contribution in [0.5, 0.6) is 0 Å². The lowest BCUT2D eigenvalue weighted by Gasteiger charge is -2.26. The molecule has 0 aromatic heterocycles. The van der Waals surface area contributed by atoms with Crippen LogP contribution < -0.4 is 5.73 Å². The fourth-order valence-electron chi connectivity index (χ4n) is 1.62. The standard InChI is InChI=1S/C12H19BrN2O/c1-15(12(7-14)9-16-2)8-10-4-3-5-11(13)6-10/h3-6,12H,7-9,14H2,1-2H3. The van der Waals surface area contributed by atoms with Gasteiger partial charge < -0.3 is 10.5 Å². The quantitative estimate of drug-likeness (QED) is 0.868. The zero-order valence-electron chi connectivity index (χ0n) is 9.82. The Balaban J connectivity index is 2.58. The molecule has 0 aliphatic rings. The molecule has 0 saturated heterocycles. The predicted octanol–water partition coefficient (Wildman–Crippen LogP) is 1.85. The lowest BCUT2D eigenvalue weighted by atomic mass is 10.2. The number of nitrogens with two attached hydrogens (primary N) is 1. The Morgan fingerprint density at radius 3 is 2.81 bits per heavy atom. The molecule has 1 aromatic rings. The molecule has 16 heavy (non-hydrogen) atoms. The highest BCUT2D eigenvalue weighted by Crippen LogP contribution is 2.13. The lowest BCUT2D eigenvalue weighted by molar-refractivity contribution is 0.106. The van der Waals surface area contributed by atoms with E-state index in [9.17, 15) is 0 Å². The van der Waals surface area contributed by atoms with Crippen molar-refractivity contribution < 1.29 is 4.74 Å². The molecule has 0 saturated carbocycles. The van der Waals surface area contributed by atoms with Gasteiger partial charge in [-0.25, -0.2) is 0 Å². The Kier molecular flexibility index (Phi) is 5.98. The zero-order chi connectivity index (χ0) is 12.0. The lowest BCUT2D eigenvalue weighted by Crippen LogP contribution is -2.40. The molecule has 1 atom stereocenters. The summed E-state index contributed by atoms with van der Waals surface area (Å²) in [5.41, 5.74) is 6.98. The maximum atomic E-state index is 5.71. The molecule has 0 bridgehead atoms. The molecule has 1 aromatic carbocycles. The molecular weight excluding hydrogens is 268 g/mol. The normalized spacial score (nSPS) is 13.1. The molecule has 0 heterocycles. The van der Waals surface area contributed by atoms with Crippen LogP contribution in [0.3, 0.4) is 0 Å².